The molecule has 0 aliphatic carbocycles. The Balaban J connectivity index is 1.58. The fourth-order valence-electron chi connectivity index (χ4n) is 4.28. The van der Waals surface area contributed by atoms with Gasteiger partial charge in [-0.3, -0.25) is 24.2 Å². The highest BCUT2D eigenvalue weighted by atomic mass is 32.2. The minimum atomic E-state index is -0.684. The van der Waals surface area contributed by atoms with Crippen LogP contribution in [0.4, 0.5) is 0 Å². The van der Waals surface area contributed by atoms with E-state index in [0.717, 1.165) is 11.3 Å². The Morgan fingerprint density at radius 2 is 1.62 bits per heavy atom. The number of fused-ring (bicyclic) bond motifs is 1. The van der Waals surface area contributed by atoms with Crippen LogP contribution in [0.15, 0.2) is 54.6 Å². The minimum absolute atomic E-state index is 0.00776. The van der Waals surface area contributed by atoms with E-state index in [1.807, 2.05) is 30.3 Å². The molecule has 0 radical (unpaired) electrons. The van der Waals surface area contributed by atoms with Gasteiger partial charge in [0.15, 0.2) is 0 Å². The summed E-state index contributed by atoms with van der Waals surface area (Å²) in [4.78, 5) is 42.5. The third-order valence-electron chi connectivity index (χ3n) is 6.41. The molecule has 0 bridgehead atoms. The third-order valence-corrected chi connectivity index (χ3v) is 7.91. The Morgan fingerprint density at radius 1 is 1.03 bits per heavy atom. The number of imide groups is 1. The molecule has 178 valence electrons. The zero-order chi connectivity index (χ0) is 24.4. The summed E-state index contributed by atoms with van der Waals surface area (Å²) in [5, 5.41) is 0. The molecule has 4 rings (SSSR count). The van der Waals surface area contributed by atoms with Gasteiger partial charge in [-0.2, -0.15) is 0 Å². The van der Waals surface area contributed by atoms with Gasteiger partial charge in [-0.25, -0.2) is 0 Å². The number of carbonyl (C=O) groups is 3. The molecular formula is C26H28N2O4S2. The zero-order valence-corrected chi connectivity index (χ0v) is 21.1. The van der Waals surface area contributed by atoms with Gasteiger partial charge in [0.25, 0.3) is 11.8 Å². The first-order chi connectivity index (χ1) is 16.3. The van der Waals surface area contributed by atoms with Crippen LogP contribution in [0.2, 0.25) is 0 Å². The molecule has 0 N–H and O–H groups in total. The van der Waals surface area contributed by atoms with Crippen molar-refractivity contribution < 1.29 is 19.1 Å². The molecule has 8 heteroatoms. The number of amides is 3. The van der Waals surface area contributed by atoms with E-state index < -0.39 is 12.0 Å². The van der Waals surface area contributed by atoms with E-state index in [9.17, 15) is 14.4 Å². The first-order valence-corrected chi connectivity index (χ1v) is 12.8. The van der Waals surface area contributed by atoms with Gasteiger partial charge in [0, 0.05) is 11.8 Å². The Bertz CT molecular complexity index is 1070. The maximum Gasteiger partial charge on any atom is 0.261 e. The first kappa shape index (κ1) is 24.6. The molecule has 1 saturated heterocycles. The Hall–Kier alpha value is -2.55. The van der Waals surface area contributed by atoms with Crippen molar-refractivity contribution in [1.29, 1.82) is 0 Å². The van der Waals surface area contributed by atoms with E-state index in [1.165, 1.54) is 16.7 Å². The van der Waals surface area contributed by atoms with Gasteiger partial charge in [-0.1, -0.05) is 87.2 Å². The number of nitrogens with zero attached hydrogens (tertiary/aromatic N) is 2. The van der Waals surface area contributed by atoms with Gasteiger partial charge in [0.05, 0.1) is 36.3 Å². The van der Waals surface area contributed by atoms with Crippen molar-refractivity contribution in [3.63, 3.8) is 0 Å². The van der Waals surface area contributed by atoms with E-state index in [2.05, 4.69) is 13.8 Å². The number of ether oxygens (including phenoxy) is 1. The minimum Gasteiger partial charge on any atom is -0.371 e. The summed E-state index contributed by atoms with van der Waals surface area (Å²) in [6, 6.07) is 16.4. The van der Waals surface area contributed by atoms with Crippen molar-refractivity contribution in [1.82, 2.24) is 9.80 Å². The highest BCUT2D eigenvalue weighted by Crippen LogP contribution is 2.32. The van der Waals surface area contributed by atoms with Gasteiger partial charge in [-0.05, 0) is 23.6 Å². The topological polar surface area (TPSA) is 66.9 Å². The van der Waals surface area contributed by atoms with E-state index >= 15 is 0 Å². The summed E-state index contributed by atoms with van der Waals surface area (Å²) < 4.78 is 6.78. The molecule has 0 spiro atoms. The van der Waals surface area contributed by atoms with E-state index in [1.54, 1.807) is 36.1 Å². The Kier molecular flexibility index (Phi) is 7.50. The second kappa shape index (κ2) is 10.4. The van der Waals surface area contributed by atoms with Crippen LogP contribution >= 0.6 is 24.0 Å². The smallest absolute Gasteiger partial charge is 0.261 e. The number of rotatable bonds is 8. The lowest BCUT2D eigenvalue weighted by Gasteiger charge is -2.33. The molecule has 6 nitrogen and oxygen atoms in total. The van der Waals surface area contributed by atoms with Crippen LogP contribution in [0, 0.1) is 11.8 Å². The highest BCUT2D eigenvalue weighted by molar-refractivity contribution is 8.23. The fraction of sp³-hybridized carbons (Fsp3) is 0.385. The van der Waals surface area contributed by atoms with Gasteiger partial charge >= 0.3 is 0 Å². The monoisotopic (exact) mass is 496 g/mol. The fourth-order valence-corrected chi connectivity index (χ4v) is 5.92. The largest absolute Gasteiger partial charge is 0.371 e. The number of benzene rings is 2. The molecule has 34 heavy (non-hydrogen) atoms. The molecule has 3 amide bonds. The molecule has 0 saturated carbocycles. The van der Waals surface area contributed by atoms with Crippen molar-refractivity contribution in [2.24, 2.45) is 11.8 Å². The lowest BCUT2D eigenvalue weighted by Crippen LogP contribution is -2.49. The SMILES string of the molecule is CC(C)[C@H]1CSC(=S)N1C(=O)[C@H](C)[C@@H](CN1C(=O)c2ccccc2C1=O)OCc1ccccc1. The molecule has 2 aliphatic rings. The highest BCUT2D eigenvalue weighted by Gasteiger charge is 2.42. The average Bonchev–Trinajstić information content (AvgIpc) is 3.34. The van der Waals surface area contributed by atoms with Crippen LogP contribution in [0.1, 0.15) is 47.1 Å². The van der Waals surface area contributed by atoms with Crippen molar-refractivity contribution in [3.05, 3.63) is 71.3 Å². The standard InChI is InChI=1S/C26H28N2O4S2/c1-16(2)21-15-34-26(33)28(21)23(29)17(3)22(32-14-18-9-5-4-6-10-18)13-27-24(30)19-11-7-8-12-20(19)25(27)31/h4-12,16-17,21-22H,13-15H2,1-3H3/t17-,21-,22-/m1/s1. The summed E-state index contributed by atoms with van der Waals surface area (Å²) in [6.07, 6.45) is -0.684. The molecule has 2 aliphatic heterocycles. The van der Waals surface area contributed by atoms with Crippen LogP contribution in [0.5, 0.6) is 0 Å². The van der Waals surface area contributed by atoms with Gasteiger partial charge in [0.2, 0.25) is 5.91 Å². The number of hydrogen-bond donors (Lipinski definition) is 0. The van der Waals surface area contributed by atoms with E-state index in [4.69, 9.17) is 17.0 Å². The van der Waals surface area contributed by atoms with Crippen LogP contribution in [-0.2, 0) is 16.1 Å². The lowest BCUT2D eigenvalue weighted by atomic mass is 9.98. The summed E-state index contributed by atoms with van der Waals surface area (Å²) in [5.41, 5.74) is 1.71. The third kappa shape index (κ3) is 4.80. The normalized spacial score (nSPS) is 19.6. The molecule has 0 unspecified atom stereocenters. The van der Waals surface area contributed by atoms with E-state index in [0.29, 0.717) is 15.4 Å². The maximum atomic E-state index is 13.6. The molecule has 1 fully saturated rings. The number of thioether (sulfide) groups is 1. The average molecular weight is 497 g/mol. The summed E-state index contributed by atoms with van der Waals surface area (Å²) in [5.74, 6) is -0.442. The van der Waals surface area contributed by atoms with Crippen LogP contribution in [0.25, 0.3) is 0 Å². The van der Waals surface area contributed by atoms with Crippen molar-refractivity contribution in [3.8, 4) is 0 Å². The first-order valence-electron chi connectivity index (χ1n) is 11.4. The molecule has 2 aromatic carbocycles. The van der Waals surface area contributed by atoms with Crippen molar-refractivity contribution in [2.45, 2.75) is 39.5 Å². The number of thiocarbonyl (C=S) groups is 1. The molecule has 2 aromatic rings. The summed E-state index contributed by atoms with van der Waals surface area (Å²) >= 11 is 7.01. The van der Waals surface area contributed by atoms with Gasteiger partial charge in [0.1, 0.15) is 4.32 Å². The number of hydrogen-bond acceptors (Lipinski definition) is 6. The Labute approximate surface area is 209 Å². The lowest BCUT2D eigenvalue weighted by molar-refractivity contribution is -0.138. The molecular weight excluding hydrogens is 468 g/mol. The summed E-state index contributed by atoms with van der Waals surface area (Å²) in [6.45, 7) is 6.20. The molecule has 0 aromatic heterocycles. The predicted molar refractivity (Wildman–Crippen MR) is 137 cm³/mol. The van der Waals surface area contributed by atoms with Crippen LogP contribution in [0.3, 0.4) is 0 Å². The molecule has 2 heterocycles. The van der Waals surface area contributed by atoms with Crippen molar-refractivity contribution >= 4 is 46.0 Å². The van der Waals surface area contributed by atoms with Gasteiger partial charge < -0.3 is 4.74 Å². The van der Waals surface area contributed by atoms with Gasteiger partial charge in [-0.15, -0.1) is 0 Å². The second-order valence-corrected chi connectivity index (χ2v) is 10.6. The zero-order valence-electron chi connectivity index (χ0n) is 19.5. The quantitative estimate of drug-likeness (QED) is 0.399. The summed E-state index contributed by atoms with van der Waals surface area (Å²) in [7, 11) is 0. The molecule has 3 atom stereocenters. The second-order valence-electron chi connectivity index (χ2n) is 8.99. The van der Waals surface area contributed by atoms with E-state index in [-0.39, 0.29) is 42.8 Å². The predicted octanol–water partition coefficient (Wildman–Crippen LogP) is 4.39. The maximum absolute atomic E-state index is 13.6. The van der Waals surface area contributed by atoms with Crippen molar-refractivity contribution in [2.75, 3.05) is 12.3 Å². The Morgan fingerprint density at radius 3 is 2.21 bits per heavy atom. The number of carbonyl (C=O) groups excluding carboxylic acids is 3. The van der Waals surface area contributed by atoms with Crippen LogP contribution < -0.4 is 0 Å². The van der Waals surface area contributed by atoms with Crippen LogP contribution in [-0.4, -0.2) is 56.3 Å².